The monoisotopic (exact) mass is 254 g/mol. The van der Waals surface area contributed by atoms with Gasteiger partial charge < -0.3 is 9.63 Å². The van der Waals surface area contributed by atoms with Gasteiger partial charge in [-0.05, 0) is 6.42 Å². The van der Waals surface area contributed by atoms with E-state index in [1.54, 1.807) is 19.9 Å². The highest BCUT2D eigenvalue weighted by atomic mass is 16.5. The molecule has 1 heterocycles. The topological polar surface area (TPSA) is 75.4 Å². The quantitative estimate of drug-likeness (QED) is 0.845. The normalized spacial score (nSPS) is 13.7. The zero-order chi connectivity index (χ0) is 13.9. The van der Waals surface area contributed by atoms with Gasteiger partial charge in [0.1, 0.15) is 0 Å². The molecule has 0 aromatic carbocycles. The summed E-state index contributed by atoms with van der Waals surface area (Å²) in [6, 6.07) is 1.67. The molecule has 5 heteroatoms. The Kier molecular flexibility index (Phi) is 4.51. The molecule has 0 radical (unpaired) electrons. The fourth-order valence-corrected chi connectivity index (χ4v) is 1.58. The van der Waals surface area contributed by atoms with Crippen LogP contribution in [0.5, 0.6) is 0 Å². The number of hydrogen-bond acceptors (Lipinski definition) is 4. The SMILES string of the molecule is CC[C@@H](O)C(C)(C)c1cc(NC(=O)C(C)C)on1. The predicted molar refractivity (Wildman–Crippen MR) is 69.3 cm³/mol. The lowest BCUT2D eigenvalue weighted by Gasteiger charge is -2.27. The van der Waals surface area contributed by atoms with Gasteiger partial charge in [0.15, 0.2) is 0 Å². The van der Waals surface area contributed by atoms with E-state index in [-0.39, 0.29) is 11.8 Å². The summed E-state index contributed by atoms with van der Waals surface area (Å²) in [5.41, 5.74) is 0.134. The third kappa shape index (κ3) is 3.10. The minimum Gasteiger partial charge on any atom is -0.392 e. The van der Waals surface area contributed by atoms with Crippen LogP contribution in [0.2, 0.25) is 0 Å². The van der Waals surface area contributed by atoms with Crippen LogP contribution in [0.1, 0.15) is 46.7 Å². The van der Waals surface area contributed by atoms with Crippen molar-refractivity contribution in [2.45, 2.75) is 52.6 Å². The molecule has 1 aromatic heterocycles. The second-order valence-corrected chi connectivity index (χ2v) is 5.37. The third-order valence-corrected chi connectivity index (χ3v) is 3.16. The predicted octanol–water partition coefficient (Wildman–Crippen LogP) is 2.32. The molecule has 0 aliphatic heterocycles. The highest BCUT2D eigenvalue weighted by molar-refractivity contribution is 5.90. The smallest absolute Gasteiger partial charge is 0.231 e. The van der Waals surface area contributed by atoms with Crippen LogP contribution in [0.15, 0.2) is 10.6 Å². The molecule has 0 aliphatic rings. The number of aromatic nitrogens is 1. The van der Waals surface area contributed by atoms with Crippen LogP contribution in [0, 0.1) is 5.92 Å². The summed E-state index contributed by atoms with van der Waals surface area (Å²) in [4.78, 5) is 11.5. The number of aliphatic hydroxyl groups excluding tert-OH is 1. The third-order valence-electron chi connectivity index (χ3n) is 3.16. The van der Waals surface area contributed by atoms with Crippen molar-refractivity contribution in [2.75, 3.05) is 5.32 Å². The molecule has 0 fully saturated rings. The molecule has 0 saturated heterocycles. The Bertz CT molecular complexity index is 410. The van der Waals surface area contributed by atoms with Gasteiger partial charge in [-0.15, -0.1) is 0 Å². The molecular formula is C13H22N2O3. The van der Waals surface area contributed by atoms with Gasteiger partial charge in [0.2, 0.25) is 11.8 Å². The first-order valence-corrected chi connectivity index (χ1v) is 6.25. The van der Waals surface area contributed by atoms with Gasteiger partial charge in [-0.2, -0.15) is 0 Å². The molecule has 5 nitrogen and oxygen atoms in total. The van der Waals surface area contributed by atoms with Crippen LogP contribution in [-0.2, 0) is 10.2 Å². The number of aliphatic hydroxyl groups is 1. The Hall–Kier alpha value is -1.36. The van der Waals surface area contributed by atoms with E-state index < -0.39 is 11.5 Å². The van der Waals surface area contributed by atoms with Gasteiger partial charge in [-0.25, -0.2) is 0 Å². The molecule has 0 unspecified atom stereocenters. The van der Waals surface area contributed by atoms with E-state index in [0.717, 1.165) is 0 Å². The second-order valence-electron chi connectivity index (χ2n) is 5.37. The fourth-order valence-electron chi connectivity index (χ4n) is 1.58. The van der Waals surface area contributed by atoms with Crippen LogP contribution in [0.3, 0.4) is 0 Å². The lowest BCUT2D eigenvalue weighted by atomic mass is 9.82. The van der Waals surface area contributed by atoms with Gasteiger partial charge in [0.25, 0.3) is 0 Å². The summed E-state index contributed by atoms with van der Waals surface area (Å²) >= 11 is 0. The van der Waals surface area contributed by atoms with Gasteiger partial charge in [0.05, 0.1) is 11.8 Å². The van der Waals surface area contributed by atoms with Crippen LogP contribution in [0.4, 0.5) is 5.88 Å². The molecule has 0 saturated carbocycles. The number of carbonyl (C=O) groups is 1. The van der Waals surface area contributed by atoms with Crippen molar-refractivity contribution < 1.29 is 14.4 Å². The number of anilines is 1. The van der Waals surface area contributed by atoms with Crippen molar-refractivity contribution >= 4 is 11.8 Å². The van der Waals surface area contributed by atoms with E-state index >= 15 is 0 Å². The first-order chi connectivity index (χ1) is 8.28. The van der Waals surface area contributed by atoms with E-state index in [1.807, 2.05) is 20.8 Å². The van der Waals surface area contributed by atoms with Crippen molar-refractivity contribution in [1.29, 1.82) is 0 Å². The molecule has 102 valence electrons. The number of rotatable bonds is 5. The maximum Gasteiger partial charge on any atom is 0.231 e. The Morgan fingerprint density at radius 3 is 2.67 bits per heavy atom. The summed E-state index contributed by atoms with van der Waals surface area (Å²) in [6.07, 6.45) is 0.129. The van der Waals surface area contributed by atoms with E-state index in [9.17, 15) is 9.90 Å². The Balaban J connectivity index is 2.83. The molecule has 1 rings (SSSR count). The second kappa shape index (κ2) is 5.52. The van der Waals surface area contributed by atoms with Gasteiger partial charge >= 0.3 is 0 Å². The summed E-state index contributed by atoms with van der Waals surface area (Å²) < 4.78 is 5.07. The van der Waals surface area contributed by atoms with E-state index in [0.29, 0.717) is 18.0 Å². The first-order valence-electron chi connectivity index (χ1n) is 6.25. The average Bonchev–Trinajstić information content (AvgIpc) is 2.76. The standard InChI is InChI=1S/C13H22N2O3/c1-6-10(16)13(4,5)9-7-11(18-15-9)14-12(17)8(2)3/h7-8,10,16H,6H2,1-5H3,(H,14,17)/t10-/m1/s1. The van der Waals surface area contributed by atoms with Crippen LogP contribution < -0.4 is 5.32 Å². The highest BCUT2D eigenvalue weighted by Gasteiger charge is 2.32. The molecule has 0 bridgehead atoms. The van der Waals surface area contributed by atoms with Crippen molar-refractivity contribution in [3.63, 3.8) is 0 Å². The van der Waals surface area contributed by atoms with Crippen LogP contribution >= 0.6 is 0 Å². The lowest BCUT2D eigenvalue weighted by Crippen LogP contribution is -2.33. The van der Waals surface area contributed by atoms with Crippen molar-refractivity contribution in [3.05, 3.63) is 11.8 Å². The number of hydrogen-bond donors (Lipinski definition) is 2. The lowest BCUT2D eigenvalue weighted by molar-refractivity contribution is -0.119. The van der Waals surface area contributed by atoms with Crippen LogP contribution in [0.25, 0.3) is 0 Å². The minimum absolute atomic E-state index is 0.118. The van der Waals surface area contributed by atoms with E-state index in [2.05, 4.69) is 10.5 Å². The van der Waals surface area contributed by atoms with E-state index in [4.69, 9.17) is 4.52 Å². The summed E-state index contributed by atoms with van der Waals surface area (Å²) in [7, 11) is 0. The molecule has 1 aromatic rings. The highest BCUT2D eigenvalue weighted by Crippen LogP contribution is 2.29. The van der Waals surface area contributed by atoms with E-state index in [1.165, 1.54) is 0 Å². The number of nitrogens with one attached hydrogen (secondary N) is 1. The zero-order valence-electron chi connectivity index (χ0n) is 11.7. The molecule has 0 spiro atoms. The molecule has 1 atom stereocenters. The molecule has 18 heavy (non-hydrogen) atoms. The summed E-state index contributed by atoms with van der Waals surface area (Å²) in [5.74, 6) is 0.0828. The number of nitrogens with zero attached hydrogens (tertiary/aromatic N) is 1. The summed E-state index contributed by atoms with van der Waals surface area (Å²) in [5, 5.41) is 16.5. The summed E-state index contributed by atoms with van der Waals surface area (Å²) in [6.45, 7) is 9.31. The fraction of sp³-hybridized carbons (Fsp3) is 0.692. The zero-order valence-corrected chi connectivity index (χ0v) is 11.7. The number of amides is 1. The van der Waals surface area contributed by atoms with Gasteiger partial charge in [-0.3, -0.25) is 10.1 Å². The van der Waals surface area contributed by atoms with Gasteiger partial charge in [0, 0.05) is 17.4 Å². The minimum atomic E-state index is -0.503. The average molecular weight is 254 g/mol. The van der Waals surface area contributed by atoms with Crippen molar-refractivity contribution in [3.8, 4) is 0 Å². The maximum absolute atomic E-state index is 11.5. The molecule has 1 amide bonds. The molecular weight excluding hydrogens is 232 g/mol. The Morgan fingerprint density at radius 2 is 2.17 bits per heavy atom. The van der Waals surface area contributed by atoms with Crippen molar-refractivity contribution in [2.24, 2.45) is 5.92 Å². The Morgan fingerprint density at radius 1 is 1.56 bits per heavy atom. The maximum atomic E-state index is 11.5. The first kappa shape index (κ1) is 14.7. The largest absolute Gasteiger partial charge is 0.392 e. The van der Waals surface area contributed by atoms with Gasteiger partial charge in [-0.1, -0.05) is 39.8 Å². The van der Waals surface area contributed by atoms with Crippen molar-refractivity contribution in [1.82, 2.24) is 5.16 Å². The Labute approximate surface area is 108 Å². The number of carbonyl (C=O) groups excluding carboxylic acids is 1. The molecule has 0 aliphatic carbocycles. The van der Waals surface area contributed by atoms with Crippen LogP contribution in [-0.4, -0.2) is 22.3 Å². The molecule has 2 N–H and O–H groups in total.